The maximum Gasteiger partial charge on any atom is 0.102 e. The lowest BCUT2D eigenvalue weighted by Crippen LogP contribution is -2.30. The summed E-state index contributed by atoms with van der Waals surface area (Å²) in [6.07, 6.45) is 5.62. The largest absolute Gasteiger partial charge is 0.391 e. The van der Waals surface area contributed by atoms with Gasteiger partial charge in [-0.3, -0.25) is 0 Å². The molecule has 1 heterocycles. The summed E-state index contributed by atoms with van der Waals surface area (Å²) in [6.45, 7) is 3.80. The van der Waals surface area contributed by atoms with Gasteiger partial charge in [0, 0.05) is 0 Å². The molecule has 0 aliphatic heterocycles. The zero-order valence-corrected chi connectivity index (χ0v) is 9.93. The number of aliphatic hydroxyl groups excluding tert-OH is 1. The number of hydrogen-bond donors (Lipinski definition) is 2. The molecule has 1 aliphatic carbocycles. The Morgan fingerprint density at radius 3 is 2.69 bits per heavy atom. The molecule has 0 spiro atoms. The normalized spacial score (nSPS) is 27.0. The minimum absolute atomic E-state index is 0.0670. The van der Waals surface area contributed by atoms with E-state index < -0.39 is 5.54 Å². The molecule has 5 heteroatoms. The second kappa shape index (κ2) is 4.14. The third-order valence-corrected chi connectivity index (χ3v) is 3.20. The predicted molar refractivity (Wildman–Crippen MR) is 60.7 cm³/mol. The van der Waals surface area contributed by atoms with Gasteiger partial charge in [0.25, 0.3) is 0 Å². The van der Waals surface area contributed by atoms with Crippen LogP contribution < -0.4 is 5.73 Å². The van der Waals surface area contributed by atoms with Gasteiger partial charge in [-0.25, -0.2) is 4.68 Å². The fourth-order valence-electron chi connectivity index (χ4n) is 2.13. The van der Waals surface area contributed by atoms with E-state index in [9.17, 15) is 5.11 Å². The highest BCUT2D eigenvalue weighted by molar-refractivity contribution is 5.06. The quantitative estimate of drug-likeness (QED) is 0.784. The van der Waals surface area contributed by atoms with E-state index in [1.807, 2.05) is 20.0 Å². The Morgan fingerprint density at radius 2 is 2.12 bits per heavy atom. The van der Waals surface area contributed by atoms with Gasteiger partial charge >= 0.3 is 0 Å². The van der Waals surface area contributed by atoms with E-state index in [1.165, 1.54) is 0 Å². The molecule has 0 bridgehead atoms. The second-order valence-electron chi connectivity index (χ2n) is 5.22. The average molecular weight is 224 g/mol. The molecule has 1 saturated carbocycles. The van der Waals surface area contributed by atoms with Crippen molar-refractivity contribution in [2.45, 2.75) is 57.2 Å². The number of rotatable bonds is 2. The van der Waals surface area contributed by atoms with Gasteiger partial charge in [0.15, 0.2) is 0 Å². The van der Waals surface area contributed by atoms with E-state index in [-0.39, 0.29) is 12.1 Å². The van der Waals surface area contributed by atoms with Gasteiger partial charge in [-0.1, -0.05) is 18.1 Å². The van der Waals surface area contributed by atoms with Crippen LogP contribution in [0.1, 0.15) is 51.3 Å². The van der Waals surface area contributed by atoms with Gasteiger partial charge in [0.2, 0.25) is 0 Å². The van der Waals surface area contributed by atoms with Crippen molar-refractivity contribution < 1.29 is 5.11 Å². The molecule has 3 N–H and O–H groups in total. The summed E-state index contributed by atoms with van der Waals surface area (Å²) in [7, 11) is 0. The molecule has 2 unspecified atom stereocenters. The lowest BCUT2D eigenvalue weighted by molar-refractivity contribution is 0.0685. The number of nitrogens with zero attached hydrogens (tertiary/aromatic N) is 3. The average Bonchev–Trinajstić information content (AvgIpc) is 2.66. The maximum atomic E-state index is 9.91. The van der Waals surface area contributed by atoms with Gasteiger partial charge in [0.1, 0.15) is 5.69 Å². The summed E-state index contributed by atoms with van der Waals surface area (Å²) < 4.78 is 1.77. The van der Waals surface area contributed by atoms with Crippen molar-refractivity contribution in [1.29, 1.82) is 0 Å². The first-order valence-electron chi connectivity index (χ1n) is 5.88. The second-order valence-corrected chi connectivity index (χ2v) is 5.22. The van der Waals surface area contributed by atoms with Gasteiger partial charge in [0.05, 0.1) is 23.9 Å². The SMILES string of the molecule is CC(C)(N)c1cn(C2CCCCC2O)nn1. The molecule has 90 valence electrons. The Hall–Kier alpha value is -0.940. The molecular formula is C11H20N4O. The standard InChI is InChI=1S/C11H20N4O/c1-11(2,12)10-7-15(14-13-10)8-5-3-4-6-9(8)16/h7-9,16H,3-6,12H2,1-2H3. The molecule has 16 heavy (non-hydrogen) atoms. The molecular weight excluding hydrogens is 204 g/mol. The maximum absolute atomic E-state index is 9.91. The molecule has 2 rings (SSSR count). The van der Waals surface area contributed by atoms with Crippen LogP contribution in [-0.2, 0) is 5.54 Å². The van der Waals surface area contributed by atoms with Crippen molar-refractivity contribution in [3.8, 4) is 0 Å². The molecule has 2 atom stereocenters. The summed E-state index contributed by atoms with van der Waals surface area (Å²) in [5.41, 5.74) is 6.25. The molecule has 1 aromatic heterocycles. The number of aliphatic hydroxyl groups is 1. The topological polar surface area (TPSA) is 77.0 Å². The molecule has 0 saturated heterocycles. The third kappa shape index (κ3) is 2.25. The highest BCUT2D eigenvalue weighted by Crippen LogP contribution is 2.28. The van der Waals surface area contributed by atoms with E-state index in [4.69, 9.17) is 5.73 Å². The van der Waals surface area contributed by atoms with Crippen molar-refractivity contribution in [1.82, 2.24) is 15.0 Å². The lowest BCUT2D eigenvalue weighted by Gasteiger charge is -2.27. The first-order chi connectivity index (χ1) is 7.48. The number of nitrogens with two attached hydrogens (primary N) is 1. The Bertz CT molecular complexity index is 355. The minimum Gasteiger partial charge on any atom is -0.391 e. The van der Waals surface area contributed by atoms with Crippen LogP contribution in [0.2, 0.25) is 0 Å². The van der Waals surface area contributed by atoms with E-state index in [0.29, 0.717) is 0 Å². The highest BCUT2D eigenvalue weighted by atomic mass is 16.3. The van der Waals surface area contributed by atoms with Crippen molar-refractivity contribution in [3.05, 3.63) is 11.9 Å². The Balaban J connectivity index is 2.18. The van der Waals surface area contributed by atoms with Crippen LogP contribution in [-0.4, -0.2) is 26.2 Å². The zero-order valence-electron chi connectivity index (χ0n) is 9.93. The van der Waals surface area contributed by atoms with Crippen LogP contribution >= 0.6 is 0 Å². The summed E-state index contributed by atoms with van der Waals surface area (Å²) >= 11 is 0. The van der Waals surface area contributed by atoms with Gasteiger partial charge in [-0.15, -0.1) is 5.10 Å². The molecule has 1 aromatic rings. The van der Waals surface area contributed by atoms with E-state index >= 15 is 0 Å². The van der Waals surface area contributed by atoms with Crippen LogP contribution in [0.4, 0.5) is 0 Å². The fourth-order valence-corrected chi connectivity index (χ4v) is 2.13. The van der Waals surface area contributed by atoms with Crippen LogP contribution in [0.5, 0.6) is 0 Å². The predicted octanol–water partition coefficient (Wildman–Crippen LogP) is 0.948. The monoisotopic (exact) mass is 224 g/mol. The summed E-state index contributed by atoms with van der Waals surface area (Å²) in [5.74, 6) is 0. The minimum atomic E-state index is -0.474. The summed E-state index contributed by atoms with van der Waals surface area (Å²) in [5, 5.41) is 18.1. The Labute approximate surface area is 95.6 Å². The van der Waals surface area contributed by atoms with Gasteiger partial charge in [-0.05, 0) is 26.7 Å². The van der Waals surface area contributed by atoms with Crippen molar-refractivity contribution in [2.75, 3.05) is 0 Å². The first-order valence-corrected chi connectivity index (χ1v) is 5.88. The molecule has 0 amide bonds. The zero-order chi connectivity index (χ0) is 11.8. The fraction of sp³-hybridized carbons (Fsp3) is 0.818. The van der Waals surface area contributed by atoms with Crippen molar-refractivity contribution >= 4 is 0 Å². The van der Waals surface area contributed by atoms with Crippen molar-refractivity contribution in [3.63, 3.8) is 0 Å². The molecule has 0 radical (unpaired) electrons. The smallest absolute Gasteiger partial charge is 0.102 e. The van der Waals surface area contributed by atoms with Crippen molar-refractivity contribution in [2.24, 2.45) is 5.73 Å². The van der Waals surface area contributed by atoms with Crippen LogP contribution in [0, 0.1) is 0 Å². The van der Waals surface area contributed by atoms with Crippen LogP contribution in [0.15, 0.2) is 6.20 Å². The summed E-state index contributed by atoms with van der Waals surface area (Å²) in [4.78, 5) is 0. The van der Waals surface area contributed by atoms with Crippen LogP contribution in [0.25, 0.3) is 0 Å². The molecule has 0 aromatic carbocycles. The summed E-state index contributed by atoms with van der Waals surface area (Å²) in [6, 6.07) is 0.0670. The van der Waals surface area contributed by atoms with Gasteiger partial charge in [-0.2, -0.15) is 0 Å². The Kier molecular flexibility index (Phi) is 2.99. The lowest BCUT2D eigenvalue weighted by atomic mass is 9.93. The van der Waals surface area contributed by atoms with E-state index in [1.54, 1.807) is 4.68 Å². The number of hydrogen-bond acceptors (Lipinski definition) is 4. The molecule has 1 aliphatic rings. The van der Waals surface area contributed by atoms with E-state index in [0.717, 1.165) is 31.4 Å². The molecule has 1 fully saturated rings. The number of aromatic nitrogens is 3. The third-order valence-electron chi connectivity index (χ3n) is 3.20. The molecule has 5 nitrogen and oxygen atoms in total. The van der Waals surface area contributed by atoms with Gasteiger partial charge < -0.3 is 10.8 Å². The Morgan fingerprint density at radius 1 is 1.44 bits per heavy atom. The first kappa shape index (κ1) is 11.5. The van der Waals surface area contributed by atoms with E-state index in [2.05, 4.69) is 10.3 Å². The van der Waals surface area contributed by atoms with Crippen LogP contribution in [0.3, 0.4) is 0 Å². The highest BCUT2D eigenvalue weighted by Gasteiger charge is 2.27.